The van der Waals surface area contributed by atoms with Crippen molar-refractivity contribution in [2.24, 2.45) is 0 Å². The van der Waals surface area contributed by atoms with Crippen LogP contribution in [0.15, 0.2) is 0 Å². The molecule has 0 saturated carbocycles. The zero-order valence-electron chi connectivity index (χ0n) is 42.9. The minimum Gasteiger partial charge on any atom is -0.756 e. The molecule has 0 aromatic rings. The number of phosphoric ester groups is 1. The van der Waals surface area contributed by atoms with Crippen LogP contribution in [0.5, 0.6) is 0 Å². The third-order valence-electron chi connectivity index (χ3n) is 15.0. The summed E-state index contributed by atoms with van der Waals surface area (Å²) in [4.78, 5) is 21.2. The molecule has 472 valence electrons. The molecule has 21 aliphatic heterocycles. The zero-order chi connectivity index (χ0) is 59.3. The van der Waals surface area contributed by atoms with Gasteiger partial charge in [0, 0.05) is 0 Å². The third kappa shape index (κ3) is 14.6. The first-order valence-corrected chi connectivity index (χ1v) is 26.8. The molecule has 0 aromatic carbocycles. The van der Waals surface area contributed by atoms with Crippen LogP contribution in [0.4, 0.5) is 0 Å². The molecule has 0 aromatic heterocycles. The molecule has 82 heavy (non-hydrogen) atoms. The minimum atomic E-state index is -5.68. The number of ether oxygens (including phenoxy) is 14. The van der Waals surface area contributed by atoms with Gasteiger partial charge in [-0.2, -0.15) is 0 Å². The maximum atomic E-state index is 11.8. The van der Waals surface area contributed by atoms with E-state index < -0.39 is 269 Å². The van der Waals surface area contributed by atoms with Gasteiger partial charge in [0.2, 0.25) is 0 Å². The second-order valence-electron chi connectivity index (χ2n) is 20.2. The standard InChI is InChI=1S/C42H71O38P.K/c43-1-8-29-16(50)23(57)37(68-8)76-31-10(3-45)70-39(25(59)18(31)52)78-33-12(5-47)72-41(27(61)20(33)54)80-35-14(7-66-81(63,64)65)73-42(28(62)21(35)55)79-34-13(6-48)71-40(26(60)19(34)53)77-32-11(4-46)69-38(24(58)17(32)51)75-30-9(2-44)67-36(74-29)22(56)15(30)49;/h8-62H,1-7H2,(H2,63,64,65);/q;+1/p-1/t8-,9-,10-,11-,12-,13-,14-,15-,16-,17-,18-,19-,20-,21-,22-,23-,24-,25-,26-,27-,28-,29-,30-,31-,32-,33-,34-,35-,36-,37-,38-,39-,40-,41-,42-;/m1./s1. The van der Waals surface area contributed by atoms with E-state index in [0.29, 0.717) is 0 Å². The van der Waals surface area contributed by atoms with E-state index in [4.69, 9.17) is 66.3 Å². The summed E-state index contributed by atoms with van der Waals surface area (Å²) in [5.41, 5.74) is 0. The molecule has 0 amide bonds. The van der Waals surface area contributed by atoms with Gasteiger partial charge in [0.05, 0.1) is 46.2 Å². The summed E-state index contributed by atoms with van der Waals surface area (Å²) in [7, 11) is -5.68. The predicted molar refractivity (Wildman–Crippen MR) is 237 cm³/mol. The molecule has 14 bridgehead atoms. The van der Waals surface area contributed by atoms with Gasteiger partial charge in [-0.1, -0.05) is 0 Å². The topological polar surface area (TPSA) is 603 Å². The van der Waals surface area contributed by atoms with Gasteiger partial charge in [-0.15, -0.1) is 0 Å². The fourth-order valence-corrected chi connectivity index (χ4v) is 10.9. The van der Waals surface area contributed by atoms with Crippen LogP contribution in [0.3, 0.4) is 0 Å². The van der Waals surface area contributed by atoms with E-state index in [0.717, 1.165) is 0 Å². The molecule has 1 unspecified atom stereocenters. The van der Waals surface area contributed by atoms with E-state index in [1.54, 1.807) is 0 Å². The van der Waals surface area contributed by atoms with E-state index in [9.17, 15) is 116 Å². The van der Waals surface area contributed by atoms with Crippen LogP contribution < -0.4 is 56.3 Å². The van der Waals surface area contributed by atoms with Crippen molar-refractivity contribution in [3.63, 3.8) is 0 Å². The molecule has 0 aliphatic carbocycles. The summed E-state index contributed by atoms with van der Waals surface area (Å²) in [5, 5.41) is 221. The summed E-state index contributed by atoms with van der Waals surface area (Å²) < 4.78 is 95.5. The normalized spacial score (nSPS) is 53.4. The van der Waals surface area contributed by atoms with Crippen LogP contribution in [0.25, 0.3) is 0 Å². The smallest absolute Gasteiger partial charge is 0.756 e. The zero-order valence-corrected chi connectivity index (χ0v) is 47.0. The first kappa shape index (κ1) is 69.9. The van der Waals surface area contributed by atoms with Gasteiger partial charge >= 0.3 is 51.4 Å². The average molecular weight is 1250 g/mol. The Morgan fingerprint density at radius 2 is 0.427 bits per heavy atom. The Bertz CT molecular complexity index is 2010. The summed E-state index contributed by atoms with van der Waals surface area (Å²) in [6.07, 6.45) is -73.5. The fraction of sp³-hybridized carbons (Fsp3) is 1.00. The van der Waals surface area contributed by atoms with Gasteiger partial charge in [-0.05, 0) is 0 Å². The Kier molecular flexibility index (Phi) is 25.2. The molecule has 21 saturated heterocycles. The Labute approximate surface area is 504 Å². The maximum Gasteiger partial charge on any atom is 1.00 e. The Morgan fingerprint density at radius 3 is 0.573 bits per heavy atom. The number of hydrogen-bond acceptors (Lipinski definition) is 37. The Hall–Kier alpha value is 0.386. The van der Waals surface area contributed by atoms with Crippen molar-refractivity contribution in [2.45, 2.75) is 215 Å². The fourth-order valence-electron chi connectivity index (χ4n) is 10.6. The molecule has 21 aliphatic rings. The molecule has 40 heteroatoms. The Morgan fingerprint density at radius 1 is 0.280 bits per heavy atom. The summed E-state index contributed by atoms with van der Waals surface area (Å²) >= 11 is 0. The van der Waals surface area contributed by atoms with Crippen LogP contribution in [0.1, 0.15) is 0 Å². The van der Waals surface area contributed by atoms with Crippen LogP contribution in [-0.2, 0) is 75.4 Å². The van der Waals surface area contributed by atoms with Crippen LogP contribution >= 0.6 is 7.82 Å². The van der Waals surface area contributed by atoms with Crippen molar-refractivity contribution in [2.75, 3.05) is 46.2 Å². The van der Waals surface area contributed by atoms with E-state index in [2.05, 4.69) is 4.52 Å². The molecule has 21 heterocycles. The predicted octanol–water partition coefficient (Wildman–Crippen LogP) is -18.7. The van der Waals surface area contributed by atoms with E-state index >= 15 is 0 Å². The van der Waals surface area contributed by atoms with Gasteiger partial charge in [0.25, 0.3) is 7.82 Å². The quantitative estimate of drug-likeness (QED) is 0.0753. The number of aliphatic hydroxyl groups is 20. The SMILES string of the molecule is O=P([O-])(O)OC[C@H]1O[C@@H]2O[C@H]3[C@H](O)[C@@H](O)[C@@H](O[C@H]4[C@H](O)[C@@H](O)[C@@H](O[C@H]5[C@H](O)[C@@H](O)[C@@H](O[C@H]6[C@H](O)[C@@H](O)[C@@H](O[C@H]7[C@H](O)[C@@H](O)[C@@H](O[C@H]8[C@H](O)[C@@H](O)[C@@H](O[C@H]1[C@H](O)[C@H]2O)O[C@@H]8CO)O[C@@H]7CO)O[C@@H]6CO)O[C@@H]5CO)O[C@@H]4CO)O[C@@H]3CO.[K+]. The van der Waals surface area contributed by atoms with Crippen molar-refractivity contribution in [3.05, 3.63) is 0 Å². The number of hydrogen-bond donors (Lipinski definition) is 21. The van der Waals surface area contributed by atoms with Gasteiger partial charge in [0.15, 0.2) is 44.0 Å². The first-order valence-electron chi connectivity index (χ1n) is 25.3. The van der Waals surface area contributed by atoms with E-state index in [1.807, 2.05) is 0 Å². The van der Waals surface area contributed by atoms with Gasteiger partial charge in [0.1, 0.15) is 171 Å². The van der Waals surface area contributed by atoms with Crippen LogP contribution in [0, 0.1) is 0 Å². The van der Waals surface area contributed by atoms with Gasteiger partial charge < -0.3 is 183 Å². The molecule has 38 nitrogen and oxygen atoms in total. The van der Waals surface area contributed by atoms with Crippen molar-refractivity contribution in [1.29, 1.82) is 0 Å². The van der Waals surface area contributed by atoms with E-state index in [-0.39, 0.29) is 51.4 Å². The van der Waals surface area contributed by atoms with Crippen molar-refractivity contribution in [3.8, 4) is 0 Å². The monoisotopic (exact) mass is 1250 g/mol. The van der Waals surface area contributed by atoms with Crippen molar-refractivity contribution >= 4 is 7.82 Å². The van der Waals surface area contributed by atoms with Crippen LogP contribution in [-0.4, -0.2) is 368 Å². The summed E-state index contributed by atoms with van der Waals surface area (Å²) in [5.74, 6) is 0. The maximum absolute atomic E-state index is 11.8. The molecule has 0 radical (unpaired) electrons. The largest absolute Gasteiger partial charge is 1.00 e. The van der Waals surface area contributed by atoms with E-state index in [1.165, 1.54) is 0 Å². The summed E-state index contributed by atoms with van der Waals surface area (Å²) in [6.45, 7) is -7.92. The summed E-state index contributed by atoms with van der Waals surface area (Å²) in [6, 6.07) is 0. The second kappa shape index (κ2) is 29.6. The average Bonchev–Trinajstić information content (AvgIpc) is 3.57. The van der Waals surface area contributed by atoms with Gasteiger partial charge in [-0.25, -0.2) is 0 Å². The molecular weight excluding hydrogens is 1180 g/mol. The minimum absolute atomic E-state index is 0. The van der Waals surface area contributed by atoms with Crippen LogP contribution in [0.2, 0.25) is 0 Å². The Balaban J connectivity index is 0.00000968. The number of aliphatic hydroxyl groups excluding tert-OH is 20. The van der Waals surface area contributed by atoms with Crippen molar-refractivity contribution in [1.82, 2.24) is 0 Å². The van der Waals surface area contributed by atoms with Gasteiger partial charge in [-0.3, -0.25) is 4.57 Å². The molecular formula is C42H70KO38P. The third-order valence-corrected chi connectivity index (χ3v) is 15.5. The van der Waals surface area contributed by atoms with Crippen molar-refractivity contribution < 1.29 is 239 Å². The molecule has 21 fully saturated rings. The first-order chi connectivity index (χ1) is 38.3. The molecule has 0 spiro atoms. The molecule has 21 N–H and O–H groups in total. The number of phosphoric acid groups is 1. The molecule has 21 rings (SSSR count). The second-order valence-corrected chi connectivity index (χ2v) is 21.4. The molecule has 36 atom stereocenters. The number of rotatable bonds is 9.